The van der Waals surface area contributed by atoms with Crippen LogP contribution in [0.4, 0.5) is 0 Å². The molecule has 0 amide bonds. The van der Waals surface area contributed by atoms with Gasteiger partial charge in [0.2, 0.25) is 0 Å². The molecule has 0 aliphatic heterocycles. The van der Waals surface area contributed by atoms with E-state index < -0.39 is 0 Å². The van der Waals surface area contributed by atoms with Crippen molar-refractivity contribution in [3.63, 3.8) is 0 Å². The Kier molecular flexibility index (Phi) is 5.49. The third kappa shape index (κ3) is 4.26. The molecule has 0 fully saturated rings. The van der Waals surface area contributed by atoms with Gasteiger partial charge in [0.25, 0.3) is 0 Å². The number of rotatable bonds is 2. The Morgan fingerprint density at radius 3 is 2.50 bits per heavy atom. The first-order valence-electron chi connectivity index (χ1n) is 2.12. The van der Waals surface area contributed by atoms with E-state index in [2.05, 4.69) is 6.92 Å². The van der Waals surface area contributed by atoms with E-state index in [0.717, 1.165) is 6.32 Å². The molecule has 25 valence electrons. The van der Waals surface area contributed by atoms with Gasteiger partial charge in [0.05, 0.1) is 0 Å². The van der Waals surface area contributed by atoms with Crippen molar-refractivity contribution in [2.45, 2.75) is 13.2 Å². The molecular weight excluding hydrogens is 67.3 g/mol. The van der Waals surface area contributed by atoms with Gasteiger partial charge >= 0.3 is 40.8 Å². The van der Waals surface area contributed by atoms with Crippen LogP contribution in [0.15, 0.2) is 0 Å². The van der Waals surface area contributed by atoms with Crippen LogP contribution >= 0.6 is 0 Å². The molecule has 0 aliphatic carbocycles. The van der Waals surface area contributed by atoms with Crippen molar-refractivity contribution in [2.24, 2.45) is 0 Å². The second-order valence-electron chi connectivity index (χ2n) is 1.03. The molecule has 0 bridgehead atoms. The normalized spacial score (nSPS) is 6.00. The summed E-state index contributed by atoms with van der Waals surface area (Å²) in [5.41, 5.74) is 0. The summed E-state index contributed by atoms with van der Waals surface area (Å²) in [5, 5.41) is 0. The van der Waals surface area contributed by atoms with E-state index in [-0.39, 0.29) is 0 Å². The van der Waals surface area contributed by atoms with Gasteiger partial charge in [-0.25, -0.2) is 0 Å². The van der Waals surface area contributed by atoms with Gasteiger partial charge in [-0.05, 0) is 0 Å². The fourth-order valence-corrected chi connectivity index (χ4v) is 0.215. The first-order chi connectivity index (χ1) is 2.91. The Morgan fingerprint density at radius 2 is 2.33 bits per heavy atom. The van der Waals surface area contributed by atoms with Gasteiger partial charge in [-0.1, -0.05) is 0 Å². The van der Waals surface area contributed by atoms with E-state index in [1.54, 1.807) is 0 Å². The first-order valence-corrected chi connectivity index (χ1v) is 2.12. The summed E-state index contributed by atoms with van der Waals surface area (Å²) in [5.74, 6) is 0. The van der Waals surface area contributed by atoms with Gasteiger partial charge in [-0.3, -0.25) is 0 Å². The minimum absolute atomic E-state index is 1.06. The fourth-order valence-electron chi connectivity index (χ4n) is 0.215. The molecule has 0 aromatic heterocycles. The Labute approximate surface area is 41.7 Å². The van der Waals surface area contributed by atoms with Gasteiger partial charge < -0.3 is 0 Å². The van der Waals surface area contributed by atoms with Gasteiger partial charge in [0.15, 0.2) is 0 Å². The monoisotopic (exact) mass is 73.1 g/mol. The molecule has 0 nitrogen and oxygen atoms in total. The molecule has 4 heteroatoms. The maximum atomic E-state index is 5.00. The zero-order valence-corrected chi connectivity index (χ0v) is 4.02. The summed E-state index contributed by atoms with van der Waals surface area (Å²) in [7, 11) is 5.00. The van der Waals surface area contributed by atoms with Crippen molar-refractivity contribution in [1.29, 1.82) is 0 Å². The quantitative estimate of drug-likeness (QED) is 0.384. The molecule has 0 aromatic carbocycles. The third-order valence-electron chi connectivity index (χ3n) is 0.483. The number of hydrogen-bond acceptors (Lipinski definition) is 0. The Balaban J connectivity index is 2.94. The molecule has 0 spiro atoms. The first kappa shape index (κ1) is 6.26. The molecule has 1 radical (unpaired) electrons. The summed E-state index contributed by atoms with van der Waals surface area (Å²) in [4.78, 5) is 0. The van der Waals surface area contributed by atoms with Crippen molar-refractivity contribution in [3.05, 3.63) is 0 Å². The average molecular weight is 72.3 g/mol. The summed E-state index contributed by atoms with van der Waals surface area (Å²) in [6.07, 6.45) is 1.06. The molecule has 0 N–H and O–H groups in total. The predicted molar refractivity (Wildman–Crippen MR) is 33.5 cm³/mol. The van der Waals surface area contributed by atoms with E-state index >= 15 is 0 Å². The molecule has 0 rings (SSSR count). The molecule has 0 atom stereocenters. The van der Waals surface area contributed by atoms with Gasteiger partial charge in [-0.2, -0.15) is 0 Å². The van der Waals surface area contributed by atoms with Crippen molar-refractivity contribution in [2.75, 3.05) is 0 Å². The van der Waals surface area contributed by atoms with Crippen LogP contribution in [-0.2, 0) is 0 Å². The third-order valence-corrected chi connectivity index (χ3v) is 0.483. The Morgan fingerprint density at radius 1 is 1.67 bits per heavy atom. The van der Waals surface area contributed by atoms with Crippen LogP contribution in [0.2, 0.25) is 6.32 Å². The predicted octanol–water partition coefficient (Wildman–Crippen LogP) is -0.549. The zero-order valence-electron chi connectivity index (χ0n) is 4.02. The maximum absolute atomic E-state index is 5.00. The Bertz CT molecular complexity index is 56.6. The van der Waals surface area contributed by atoms with E-state index in [1.165, 1.54) is 6.69 Å². The fraction of sp³-hybridized carbons (Fsp3) is 1.00. The standard InChI is InChI=1S/C2H5B4/c1-2-4-6-5-3/h2H2,1H3. The van der Waals surface area contributed by atoms with Crippen LogP contribution in [0.5, 0.6) is 0 Å². The zero-order chi connectivity index (χ0) is 4.83. The molecule has 0 aliphatic rings. The summed E-state index contributed by atoms with van der Waals surface area (Å²) >= 11 is 0. The molecule has 0 heterocycles. The molecule has 0 aromatic rings. The second kappa shape index (κ2) is 5.26. The van der Waals surface area contributed by atoms with E-state index in [4.69, 9.17) is 7.37 Å². The topological polar surface area (TPSA) is 0 Å². The van der Waals surface area contributed by atoms with Crippen LogP contribution in [0.3, 0.4) is 0 Å². The van der Waals surface area contributed by atoms with Crippen molar-refractivity contribution >= 4 is 27.6 Å². The van der Waals surface area contributed by atoms with Crippen molar-refractivity contribution < 1.29 is 0 Å². The second-order valence-corrected chi connectivity index (χ2v) is 1.03. The van der Waals surface area contributed by atoms with Crippen LogP contribution < -0.4 is 0 Å². The molecule has 0 saturated carbocycles. The van der Waals surface area contributed by atoms with Crippen LogP contribution in [0, 0.1) is 0 Å². The van der Waals surface area contributed by atoms with Crippen LogP contribution in [0.25, 0.3) is 0 Å². The van der Waals surface area contributed by atoms with Crippen LogP contribution in [0.1, 0.15) is 6.92 Å². The minimum atomic E-state index is 1.06. The summed E-state index contributed by atoms with van der Waals surface area (Å²) < 4.78 is 0. The summed E-state index contributed by atoms with van der Waals surface area (Å²) in [6.45, 7) is 7.43. The van der Waals surface area contributed by atoms with Crippen molar-refractivity contribution in [1.82, 2.24) is 0 Å². The molecule has 0 saturated heterocycles. The molecular formula is C2H5B4. The SMILES string of the molecule is [B]=BB=BCC. The van der Waals surface area contributed by atoms with Gasteiger partial charge in [0, 0.05) is 0 Å². The summed E-state index contributed by atoms with van der Waals surface area (Å²) in [6, 6.07) is 0. The Hall–Kier alpha value is 0.260. The molecule has 0 unspecified atom stereocenters. The van der Waals surface area contributed by atoms with E-state index in [1.807, 2.05) is 13.5 Å². The van der Waals surface area contributed by atoms with Gasteiger partial charge in [0.1, 0.15) is 0 Å². The van der Waals surface area contributed by atoms with E-state index in [9.17, 15) is 0 Å². The van der Waals surface area contributed by atoms with Crippen molar-refractivity contribution in [3.8, 4) is 0 Å². The number of hydrogen-bond donors (Lipinski definition) is 0. The average Bonchev–Trinajstić information content (AvgIpc) is 1.61. The van der Waals surface area contributed by atoms with E-state index in [0.29, 0.717) is 0 Å². The van der Waals surface area contributed by atoms with Crippen LogP contribution in [-0.4, -0.2) is 27.6 Å². The molecule has 6 heavy (non-hydrogen) atoms. The van der Waals surface area contributed by atoms with Gasteiger partial charge in [-0.15, -0.1) is 0 Å².